The van der Waals surface area contributed by atoms with Crippen LogP contribution < -0.4 is 14.8 Å². The van der Waals surface area contributed by atoms with Gasteiger partial charge in [-0.05, 0) is 29.8 Å². The lowest BCUT2D eigenvalue weighted by molar-refractivity contribution is 0.174. The Labute approximate surface area is 105 Å². The quantitative estimate of drug-likeness (QED) is 0.870. The second-order valence-electron chi connectivity index (χ2n) is 4.09. The van der Waals surface area contributed by atoms with Crippen LogP contribution in [-0.4, -0.2) is 11.9 Å². The van der Waals surface area contributed by atoms with Gasteiger partial charge in [-0.2, -0.15) is 0 Å². The third-order valence-corrected chi connectivity index (χ3v) is 2.78. The van der Waals surface area contributed by atoms with Crippen LogP contribution in [0.1, 0.15) is 5.56 Å². The van der Waals surface area contributed by atoms with E-state index in [-0.39, 0.29) is 5.75 Å². The summed E-state index contributed by atoms with van der Waals surface area (Å²) in [6, 6.07) is 12.9. The van der Waals surface area contributed by atoms with Crippen molar-refractivity contribution in [1.82, 2.24) is 0 Å². The molecular formula is C14H13NO3. The van der Waals surface area contributed by atoms with Crippen molar-refractivity contribution in [3.63, 3.8) is 0 Å². The molecule has 0 bridgehead atoms. The van der Waals surface area contributed by atoms with E-state index in [9.17, 15) is 5.11 Å². The van der Waals surface area contributed by atoms with Crippen molar-refractivity contribution in [2.75, 3.05) is 12.1 Å². The maximum Gasteiger partial charge on any atom is 0.231 e. The molecule has 0 fully saturated rings. The molecule has 1 heterocycles. The zero-order valence-corrected chi connectivity index (χ0v) is 9.72. The molecule has 0 amide bonds. The van der Waals surface area contributed by atoms with Crippen LogP contribution in [0, 0.1) is 0 Å². The van der Waals surface area contributed by atoms with Crippen molar-refractivity contribution in [3.8, 4) is 17.2 Å². The monoisotopic (exact) mass is 243 g/mol. The number of aromatic hydroxyl groups is 1. The Balaban J connectivity index is 1.70. The molecule has 2 N–H and O–H groups in total. The highest BCUT2D eigenvalue weighted by atomic mass is 16.7. The van der Waals surface area contributed by atoms with Gasteiger partial charge in [0, 0.05) is 18.3 Å². The molecule has 0 unspecified atom stereocenters. The smallest absolute Gasteiger partial charge is 0.231 e. The minimum absolute atomic E-state index is 0.255. The maximum absolute atomic E-state index is 9.36. The zero-order chi connectivity index (χ0) is 12.4. The summed E-state index contributed by atoms with van der Waals surface area (Å²) in [7, 11) is 0. The first kappa shape index (κ1) is 10.8. The lowest BCUT2D eigenvalue weighted by Gasteiger charge is -2.07. The highest BCUT2D eigenvalue weighted by Crippen LogP contribution is 2.32. The summed E-state index contributed by atoms with van der Waals surface area (Å²) >= 11 is 0. The number of hydrogen-bond donors (Lipinski definition) is 2. The first-order valence-corrected chi connectivity index (χ1v) is 5.73. The Bertz CT molecular complexity index is 569. The van der Waals surface area contributed by atoms with E-state index >= 15 is 0 Å². The Hall–Kier alpha value is -2.36. The Morgan fingerprint density at radius 3 is 2.83 bits per heavy atom. The predicted molar refractivity (Wildman–Crippen MR) is 68.0 cm³/mol. The minimum atomic E-state index is 0.255. The van der Waals surface area contributed by atoms with E-state index in [1.165, 1.54) is 0 Å². The van der Waals surface area contributed by atoms with Gasteiger partial charge in [-0.1, -0.05) is 12.1 Å². The molecule has 0 radical (unpaired) electrons. The topological polar surface area (TPSA) is 50.7 Å². The second-order valence-corrected chi connectivity index (χ2v) is 4.09. The molecule has 0 aliphatic carbocycles. The molecule has 4 heteroatoms. The van der Waals surface area contributed by atoms with Crippen molar-refractivity contribution >= 4 is 5.69 Å². The summed E-state index contributed by atoms with van der Waals surface area (Å²) in [5.74, 6) is 1.83. The molecule has 0 saturated heterocycles. The van der Waals surface area contributed by atoms with E-state index in [1.54, 1.807) is 18.2 Å². The molecule has 0 atom stereocenters. The molecule has 2 aromatic rings. The number of phenolic OH excluding ortho intramolecular Hbond substituents is 1. The van der Waals surface area contributed by atoms with E-state index in [0.717, 1.165) is 22.7 Å². The predicted octanol–water partition coefficient (Wildman–Crippen LogP) is 2.73. The Morgan fingerprint density at radius 1 is 1.06 bits per heavy atom. The minimum Gasteiger partial charge on any atom is -0.508 e. The van der Waals surface area contributed by atoms with E-state index in [2.05, 4.69) is 5.32 Å². The standard InChI is InChI=1S/C14H13NO3/c16-12-3-1-2-11(7-12)15-8-10-4-5-13-14(6-10)18-9-17-13/h1-7,15-16H,8-9H2. The fraction of sp³-hybridized carbons (Fsp3) is 0.143. The molecule has 1 aliphatic rings. The molecule has 3 rings (SSSR count). The van der Waals surface area contributed by atoms with E-state index in [4.69, 9.17) is 9.47 Å². The molecule has 92 valence electrons. The van der Waals surface area contributed by atoms with Gasteiger partial charge in [0.1, 0.15) is 5.75 Å². The van der Waals surface area contributed by atoms with Crippen LogP contribution in [0.5, 0.6) is 17.2 Å². The first-order chi connectivity index (χ1) is 8.81. The number of ether oxygens (including phenoxy) is 2. The maximum atomic E-state index is 9.36. The number of nitrogens with one attached hydrogen (secondary N) is 1. The van der Waals surface area contributed by atoms with Gasteiger partial charge in [0.25, 0.3) is 0 Å². The normalized spacial score (nSPS) is 12.4. The number of benzene rings is 2. The summed E-state index contributed by atoms with van der Waals surface area (Å²) in [6.45, 7) is 0.957. The SMILES string of the molecule is Oc1cccc(NCc2ccc3c(c2)OCO3)c1. The van der Waals surface area contributed by atoms with E-state index in [1.807, 2.05) is 24.3 Å². The number of hydrogen-bond acceptors (Lipinski definition) is 4. The molecule has 0 aromatic heterocycles. The highest BCUT2D eigenvalue weighted by molar-refractivity contribution is 5.49. The van der Waals surface area contributed by atoms with Crippen LogP contribution in [0.3, 0.4) is 0 Å². The highest BCUT2D eigenvalue weighted by Gasteiger charge is 2.12. The van der Waals surface area contributed by atoms with Gasteiger partial charge in [0.2, 0.25) is 6.79 Å². The van der Waals surface area contributed by atoms with E-state index < -0.39 is 0 Å². The number of rotatable bonds is 3. The third-order valence-electron chi connectivity index (χ3n) is 2.78. The summed E-state index contributed by atoms with van der Waals surface area (Å²) in [4.78, 5) is 0. The van der Waals surface area contributed by atoms with Crippen LogP contribution in [-0.2, 0) is 6.54 Å². The van der Waals surface area contributed by atoms with Gasteiger partial charge >= 0.3 is 0 Å². The fourth-order valence-corrected chi connectivity index (χ4v) is 1.87. The number of fused-ring (bicyclic) bond motifs is 1. The van der Waals surface area contributed by atoms with Crippen molar-refractivity contribution in [1.29, 1.82) is 0 Å². The van der Waals surface area contributed by atoms with Crippen LogP contribution >= 0.6 is 0 Å². The fourth-order valence-electron chi connectivity index (χ4n) is 1.87. The van der Waals surface area contributed by atoms with Crippen molar-refractivity contribution in [2.45, 2.75) is 6.54 Å². The molecule has 0 spiro atoms. The van der Waals surface area contributed by atoms with Gasteiger partial charge in [0.05, 0.1) is 0 Å². The number of phenols is 1. The average Bonchev–Trinajstić information content (AvgIpc) is 2.84. The molecule has 0 saturated carbocycles. The summed E-state index contributed by atoms with van der Waals surface area (Å²) in [5, 5.41) is 12.6. The summed E-state index contributed by atoms with van der Waals surface area (Å²) < 4.78 is 10.6. The molecular weight excluding hydrogens is 230 g/mol. The lowest BCUT2D eigenvalue weighted by atomic mass is 10.2. The third kappa shape index (κ3) is 2.18. The van der Waals surface area contributed by atoms with Crippen molar-refractivity contribution in [3.05, 3.63) is 48.0 Å². The largest absolute Gasteiger partial charge is 0.508 e. The van der Waals surface area contributed by atoms with Crippen molar-refractivity contribution < 1.29 is 14.6 Å². The van der Waals surface area contributed by atoms with Crippen molar-refractivity contribution in [2.24, 2.45) is 0 Å². The van der Waals surface area contributed by atoms with Gasteiger partial charge in [-0.15, -0.1) is 0 Å². The molecule has 2 aromatic carbocycles. The van der Waals surface area contributed by atoms with Crippen LogP contribution in [0.2, 0.25) is 0 Å². The van der Waals surface area contributed by atoms with Gasteiger partial charge < -0.3 is 19.9 Å². The Morgan fingerprint density at radius 2 is 1.94 bits per heavy atom. The van der Waals surface area contributed by atoms with E-state index in [0.29, 0.717) is 13.3 Å². The lowest BCUT2D eigenvalue weighted by Crippen LogP contribution is -1.98. The molecule has 1 aliphatic heterocycles. The molecule has 4 nitrogen and oxygen atoms in total. The van der Waals surface area contributed by atoms with Crippen LogP contribution in [0.4, 0.5) is 5.69 Å². The number of anilines is 1. The first-order valence-electron chi connectivity index (χ1n) is 5.73. The summed E-state index contributed by atoms with van der Waals surface area (Å²) in [5.41, 5.74) is 1.98. The Kier molecular flexibility index (Phi) is 2.68. The van der Waals surface area contributed by atoms with Crippen LogP contribution in [0.25, 0.3) is 0 Å². The van der Waals surface area contributed by atoms with Gasteiger partial charge in [-0.25, -0.2) is 0 Å². The van der Waals surface area contributed by atoms with Gasteiger partial charge in [-0.3, -0.25) is 0 Å². The second kappa shape index (κ2) is 4.49. The zero-order valence-electron chi connectivity index (χ0n) is 9.72. The molecule has 18 heavy (non-hydrogen) atoms. The van der Waals surface area contributed by atoms with Crippen LogP contribution in [0.15, 0.2) is 42.5 Å². The average molecular weight is 243 g/mol. The summed E-state index contributed by atoms with van der Waals surface area (Å²) in [6.07, 6.45) is 0. The van der Waals surface area contributed by atoms with Gasteiger partial charge in [0.15, 0.2) is 11.5 Å².